The van der Waals surface area contributed by atoms with Gasteiger partial charge in [-0.1, -0.05) is 30.3 Å². The maximum Gasteiger partial charge on any atom is 0.418 e. The van der Waals surface area contributed by atoms with Gasteiger partial charge >= 0.3 is 12.2 Å². The zero-order valence-electron chi connectivity index (χ0n) is 17.9. The largest absolute Gasteiger partial charge is 0.418 e. The quantitative estimate of drug-likeness (QED) is 0.656. The highest BCUT2D eigenvalue weighted by Crippen LogP contribution is 2.43. The predicted octanol–water partition coefficient (Wildman–Crippen LogP) is 5.67. The number of alkyl halides is 3. The third-order valence-electron chi connectivity index (χ3n) is 5.07. The van der Waals surface area contributed by atoms with Crippen molar-refractivity contribution in [3.8, 4) is 0 Å². The average molecular weight is 433 g/mol. The Morgan fingerprint density at radius 2 is 1.71 bits per heavy atom. The van der Waals surface area contributed by atoms with Crippen LogP contribution in [-0.2, 0) is 17.4 Å². The first kappa shape index (κ1) is 22.7. The predicted molar refractivity (Wildman–Crippen MR) is 114 cm³/mol. The summed E-state index contributed by atoms with van der Waals surface area (Å²) < 4.78 is 41.6. The van der Waals surface area contributed by atoms with Crippen molar-refractivity contribution < 1.29 is 22.8 Å². The highest BCUT2D eigenvalue weighted by Gasteiger charge is 2.38. The van der Waals surface area contributed by atoms with Gasteiger partial charge in [0, 0.05) is 17.6 Å². The van der Waals surface area contributed by atoms with E-state index in [1.165, 1.54) is 11.0 Å². The number of hydrogen-bond acceptors (Lipinski definition) is 2. The molecule has 0 aliphatic carbocycles. The Morgan fingerprint density at radius 3 is 2.29 bits per heavy atom. The number of nitrogens with zero attached hydrogens (tertiary/aromatic N) is 1. The lowest BCUT2D eigenvalue weighted by atomic mass is 9.94. The minimum atomic E-state index is -4.71. The number of amides is 3. The second-order valence-corrected chi connectivity index (χ2v) is 8.70. The van der Waals surface area contributed by atoms with Crippen molar-refractivity contribution in [2.75, 3.05) is 10.2 Å². The summed E-state index contributed by atoms with van der Waals surface area (Å²) in [5.74, 6) is -0.233. The van der Waals surface area contributed by atoms with Crippen LogP contribution in [0.15, 0.2) is 42.5 Å². The van der Waals surface area contributed by atoms with Crippen molar-refractivity contribution in [3.63, 3.8) is 0 Å². The molecule has 0 spiro atoms. The Labute approximate surface area is 179 Å². The van der Waals surface area contributed by atoms with Gasteiger partial charge in [-0.25, -0.2) is 4.79 Å². The Hall–Kier alpha value is -3.03. The van der Waals surface area contributed by atoms with E-state index in [2.05, 4.69) is 10.6 Å². The van der Waals surface area contributed by atoms with Gasteiger partial charge < -0.3 is 15.5 Å². The summed E-state index contributed by atoms with van der Waals surface area (Å²) in [7, 11) is 0. The molecule has 0 saturated heterocycles. The van der Waals surface area contributed by atoms with Crippen LogP contribution in [0.1, 0.15) is 56.8 Å². The Balaban J connectivity index is 2.05. The third-order valence-corrected chi connectivity index (χ3v) is 5.07. The highest BCUT2D eigenvalue weighted by molar-refractivity contribution is 5.99. The lowest BCUT2D eigenvalue weighted by Gasteiger charge is -2.35. The van der Waals surface area contributed by atoms with Gasteiger partial charge in [0.05, 0.1) is 17.3 Å². The number of benzene rings is 2. The molecule has 5 nitrogen and oxygen atoms in total. The molecule has 0 saturated carbocycles. The number of nitrogens with one attached hydrogen (secondary N) is 2. The fourth-order valence-electron chi connectivity index (χ4n) is 3.69. The molecule has 3 rings (SSSR count). The number of hydrogen-bond donors (Lipinski definition) is 2. The van der Waals surface area contributed by atoms with Crippen LogP contribution in [-0.4, -0.2) is 17.5 Å². The normalized spacial score (nSPS) is 15.3. The Kier molecular flexibility index (Phi) is 6.02. The van der Waals surface area contributed by atoms with E-state index in [1.54, 1.807) is 27.7 Å². The maximum atomic E-state index is 13.9. The molecule has 31 heavy (non-hydrogen) atoms. The molecule has 2 N–H and O–H groups in total. The number of carbonyl (C=O) groups excluding carboxylic acids is 2. The van der Waals surface area contributed by atoms with Crippen LogP contribution < -0.4 is 15.5 Å². The molecule has 3 amide bonds. The van der Waals surface area contributed by atoms with Crippen molar-refractivity contribution in [2.24, 2.45) is 0 Å². The fraction of sp³-hybridized carbons (Fsp3) is 0.391. The SMILES string of the molecule is C[C@@H](c1ccccc1)N1C(=O)CCc2cc(NC(=O)NC(C)(C)C)c(C(F)(F)F)cc21. The molecule has 0 bridgehead atoms. The van der Waals surface area contributed by atoms with Crippen LogP contribution in [0.3, 0.4) is 0 Å². The number of anilines is 2. The van der Waals surface area contributed by atoms with Gasteiger partial charge in [-0.2, -0.15) is 13.2 Å². The summed E-state index contributed by atoms with van der Waals surface area (Å²) in [4.78, 5) is 26.4. The monoisotopic (exact) mass is 433 g/mol. The van der Waals surface area contributed by atoms with Gasteiger partial charge in [-0.3, -0.25) is 4.79 Å². The molecule has 166 valence electrons. The second kappa shape index (κ2) is 8.24. The summed E-state index contributed by atoms with van der Waals surface area (Å²) in [6, 6.07) is 10.3. The topological polar surface area (TPSA) is 61.4 Å². The Bertz CT molecular complexity index is 982. The first-order valence-electron chi connectivity index (χ1n) is 10.1. The van der Waals surface area contributed by atoms with E-state index in [9.17, 15) is 22.8 Å². The van der Waals surface area contributed by atoms with Gasteiger partial charge in [0.1, 0.15) is 0 Å². The summed E-state index contributed by atoms with van der Waals surface area (Å²) in [5.41, 5.74) is -0.289. The minimum Gasteiger partial charge on any atom is -0.333 e. The van der Waals surface area contributed by atoms with E-state index in [4.69, 9.17) is 0 Å². The van der Waals surface area contributed by atoms with E-state index in [0.29, 0.717) is 12.0 Å². The van der Waals surface area contributed by atoms with Gasteiger partial charge in [-0.05, 0) is 57.4 Å². The smallest absolute Gasteiger partial charge is 0.333 e. The molecular weight excluding hydrogens is 407 g/mol. The molecule has 2 aromatic rings. The van der Waals surface area contributed by atoms with Crippen LogP contribution in [0.25, 0.3) is 0 Å². The zero-order valence-corrected chi connectivity index (χ0v) is 17.9. The van der Waals surface area contributed by atoms with E-state index >= 15 is 0 Å². The molecule has 1 aliphatic rings. The first-order valence-corrected chi connectivity index (χ1v) is 10.1. The molecule has 0 aromatic heterocycles. The number of aryl methyl sites for hydroxylation is 1. The fourth-order valence-corrected chi connectivity index (χ4v) is 3.69. The molecule has 0 fully saturated rings. The van der Waals surface area contributed by atoms with E-state index in [0.717, 1.165) is 11.6 Å². The number of urea groups is 1. The molecule has 1 aliphatic heterocycles. The zero-order chi connectivity index (χ0) is 23.0. The van der Waals surface area contributed by atoms with Crippen LogP contribution in [0.4, 0.5) is 29.3 Å². The lowest BCUT2D eigenvalue weighted by molar-refractivity contribution is -0.137. The number of halogens is 3. The third kappa shape index (κ3) is 5.18. The van der Waals surface area contributed by atoms with Gasteiger partial charge in [-0.15, -0.1) is 0 Å². The minimum absolute atomic E-state index is 0.184. The van der Waals surface area contributed by atoms with Crippen molar-refractivity contribution in [3.05, 3.63) is 59.2 Å². The summed E-state index contributed by atoms with van der Waals surface area (Å²) in [6.45, 7) is 6.99. The number of carbonyl (C=O) groups is 2. The van der Waals surface area contributed by atoms with Crippen molar-refractivity contribution in [1.29, 1.82) is 0 Å². The van der Waals surface area contributed by atoms with Gasteiger partial charge in [0.2, 0.25) is 5.91 Å². The second-order valence-electron chi connectivity index (χ2n) is 8.70. The van der Waals surface area contributed by atoms with E-state index in [1.807, 2.05) is 30.3 Å². The summed E-state index contributed by atoms with van der Waals surface area (Å²) >= 11 is 0. The van der Waals surface area contributed by atoms with Gasteiger partial charge in [0.25, 0.3) is 0 Å². The maximum absolute atomic E-state index is 13.9. The molecule has 0 unspecified atom stereocenters. The van der Waals surface area contributed by atoms with Crippen molar-refractivity contribution >= 4 is 23.3 Å². The molecule has 0 radical (unpaired) electrons. The molecule has 1 atom stereocenters. The molecule has 2 aromatic carbocycles. The van der Waals surface area contributed by atoms with E-state index in [-0.39, 0.29) is 23.7 Å². The standard InChI is InChI=1S/C23H26F3N3O2/c1-14(15-8-6-5-7-9-15)29-19-13-17(23(24,25)26)18(12-16(19)10-11-20(29)30)27-21(31)28-22(2,3)4/h5-9,12-14H,10-11H2,1-4H3,(H2,27,28,31)/t14-/m0/s1. The van der Waals surface area contributed by atoms with Crippen molar-refractivity contribution in [2.45, 2.75) is 58.3 Å². The van der Waals surface area contributed by atoms with Crippen LogP contribution in [0.5, 0.6) is 0 Å². The Morgan fingerprint density at radius 1 is 1.06 bits per heavy atom. The van der Waals surface area contributed by atoms with Crippen LogP contribution in [0.2, 0.25) is 0 Å². The molecular formula is C23H26F3N3O2. The average Bonchev–Trinajstić information content (AvgIpc) is 2.65. The van der Waals surface area contributed by atoms with Crippen LogP contribution >= 0.6 is 0 Å². The van der Waals surface area contributed by atoms with E-state index < -0.39 is 29.4 Å². The number of rotatable bonds is 3. The summed E-state index contributed by atoms with van der Waals surface area (Å²) in [5, 5.41) is 4.94. The molecule has 8 heteroatoms. The molecule has 1 heterocycles. The van der Waals surface area contributed by atoms with Crippen LogP contribution in [0, 0.1) is 0 Å². The summed E-state index contributed by atoms with van der Waals surface area (Å²) in [6.07, 6.45) is -4.22. The number of fused-ring (bicyclic) bond motifs is 1. The first-order chi connectivity index (χ1) is 14.4. The lowest BCUT2D eigenvalue weighted by Crippen LogP contribution is -2.43. The highest BCUT2D eigenvalue weighted by atomic mass is 19.4. The van der Waals surface area contributed by atoms with Gasteiger partial charge in [0.15, 0.2) is 0 Å². The van der Waals surface area contributed by atoms with Crippen molar-refractivity contribution in [1.82, 2.24) is 5.32 Å².